The summed E-state index contributed by atoms with van der Waals surface area (Å²) in [6.07, 6.45) is 1.81. The predicted octanol–water partition coefficient (Wildman–Crippen LogP) is 1.51. The van der Waals surface area contributed by atoms with Gasteiger partial charge in [-0.25, -0.2) is 4.79 Å². The number of amides is 2. The summed E-state index contributed by atoms with van der Waals surface area (Å²) in [5.41, 5.74) is 0. The third-order valence-electron chi connectivity index (χ3n) is 4.01. The number of likely N-dealkylation sites (N-methyl/N-ethyl adjacent to an activating group) is 1. The van der Waals surface area contributed by atoms with E-state index in [1.54, 1.807) is 12.0 Å². The summed E-state index contributed by atoms with van der Waals surface area (Å²) >= 11 is 0. The number of rotatable bonds is 7. The number of carbonyl (C=O) groups is 2. The fourth-order valence-electron chi connectivity index (χ4n) is 2.62. The third kappa shape index (κ3) is 8.06. The smallest absolute Gasteiger partial charge is 0.317 e. The van der Waals surface area contributed by atoms with Crippen molar-refractivity contribution >= 4 is 12.5 Å². The fraction of sp³-hybridized carbons (Fsp3) is 0.556. The van der Waals surface area contributed by atoms with Crippen LogP contribution in [0.5, 0.6) is 11.5 Å². The molecule has 1 aromatic carbocycles. The van der Waals surface area contributed by atoms with Gasteiger partial charge in [0.25, 0.3) is 6.47 Å². The SMILES string of the molecule is COc1cccc(OCCCN(C)C(=O)NC2CCN(C)C2)c1.O=CO. The van der Waals surface area contributed by atoms with E-state index in [1.807, 2.05) is 31.3 Å². The Morgan fingerprint density at radius 1 is 1.46 bits per heavy atom. The summed E-state index contributed by atoms with van der Waals surface area (Å²) in [6, 6.07) is 7.79. The average Bonchev–Trinajstić information content (AvgIpc) is 3.04. The van der Waals surface area contributed by atoms with Gasteiger partial charge in [0.2, 0.25) is 0 Å². The van der Waals surface area contributed by atoms with Crippen molar-refractivity contribution in [3.63, 3.8) is 0 Å². The van der Waals surface area contributed by atoms with Crippen molar-refractivity contribution < 1.29 is 24.2 Å². The number of nitrogens with zero attached hydrogens (tertiary/aromatic N) is 2. The molecule has 1 aromatic rings. The number of benzene rings is 1. The number of nitrogens with one attached hydrogen (secondary N) is 1. The summed E-state index contributed by atoms with van der Waals surface area (Å²) < 4.78 is 10.8. The molecule has 1 saturated heterocycles. The minimum Gasteiger partial charge on any atom is -0.497 e. The molecule has 8 heteroatoms. The highest BCUT2D eigenvalue weighted by molar-refractivity contribution is 5.74. The second-order valence-electron chi connectivity index (χ2n) is 6.11. The van der Waals surface area contributed by atoms with Crippen LogP contribution in [0.15, 0.2) is 24.3 Å². The molecule has 0 saturated carbocycles. The van der Waals surface area contributed by atoms with Crippen molar-refractivity contribution in [2.45, 2.75) is 18.9 Å². The molecule has 0 aliphatic carbocycles. The lowest BCUT2D eigenvalue weighted by atomic mass is 10.3. The molecule has 8 nitrogen and oxygen atoms in total. The van der Waals surface area contributed by atoms with E-state index in [4.69, 9.17) is 19.4 Å². The molecular weight excluding hydrogens is 338 g/mol. The molecule has 0 radical (unpaired) electrons. The first kappa shape index (κ1) is 21.6. The highest BCUT2D eigenvalue weighted by Crippen LogP contribution is 2.18. The van der Waals surface area contributed by atoms with Crippen LogP contribution in [0.4, 0.5) is 4.79 Å². The number of likely N-dealkylation sites (tertiary alicyclic amines) is 1. The molecule has 1 aliphatic rings. The molecule has 1 unspecified atom stereocenters. The van der Waals surface area contributed by atoms with Gasteiger partial charge in [-0.15, -0.1) is 0 Å². The lowest BCUT2D eigenvalue weighted by Gasteiger charge is -2.21. The molecule has 146 valence electrons. The van der Waals surface area contributed by atoms with Crippen LogP contribution in [0.3, 0.4) is 0 Å². The highest BCUT2D eigenvalue weighted by atomic mass is 16.5. The second-order valence-corrected chi connectivity index (χ2v) is 6.11. The van der Waals surface area contributed by atoms with E-state index in [2.05, 4.69) is 17.3 Å². The molecule has 0 bridgehead atoms. The van der Waals surface area contributed by atoms with Crippen LogP contribution in [0.1, 0.15) is 12.8 Å². The molecule has 1 fully saturated rings. The van der Waals surface area contributed by atoms with E-state index in [-0.39, 0.29) is 18.5 Å². The van der Waals surface area contributed by atoms with Crippen molar-refractivity contribution in [2.75, 3.05) is 47.4 Å². The van der Waals surface area contributed by atoms with Crippen LogP contribution in [-0.2, 0) is 4.79 Å². The van der Waals surface area contributed by atoms with Crippen LogP contribution in [0.25, 0.3) is 0 Å². The van der Waals surface area contributed by atoms with Gasteiger partial charge in [0.05, 0.1) is 13.7 Å². The van der Waals surface area contributed by atoms with Gasteiger partial charge in [0.15, 0.2) is 0 Å². The Morgan fingerprint density at radius 2 is 2.15 bits per heavy atom. The minimum atomic E-state index is -0.250. The van der Waals surface area contributed by atoms with E-state index in [0.717, 1.165) is 37.4 Å². The van der Waals surface area contributed by atoms with Gasteiger partial charge < -0.3 is 29.7 Å². The minimum absolute atomic E-state index is 0.00770. The van der Waals surface area contributed by atoms with Crippen LogP contribution >= 0.6 is 0 Å². The van der Waals surface area contributed by atoms with Crippen LogP contribution in [0.2, 0.25) is 0 Å². The standard InChI is InChI=1S/C17H27N3O3.CH2O2/c1-19-10-8-14(13-19)18-17(21)20(2)9-5-11-23-16-7-4-6-15(12-16)22-3;2-1-3/h4,6-7,12,14H,5,8-11,13H2,1-3H3,(H,18,21);1H,(H,2,3). The van der Waals surface area contributed by atoms with Gasteiger partial charge in [-0.1, -0.05) is 6.07 Å². The number of hydrogen-bond donors (Lipinski definition) is 2. The fourth-order valence-corrected chi connectivity index (χ4v) is 2.62. The van der Waals surface area contributed by atoms with E-state index in [1.165, 1.54) is 0 Å². The highest BCUT2D eigenvalue weighted by Gasteiger charge is 2.22. The molecule has 1 heterocycles. The maximum absolute atomic E-state index is 12.1. The monoisotopic (exact) mass is 367 g/mol. The summed E-state index contributed by atoms with van der Waals surface area (Å²) in [6.45, 7) is 2.96. The number of carboxylic acid groups (broad SMARTS) is 1. The molecular formula is C18H29N3O5. The first-order valence-electron chi connectivity index (χ1n) is 8.55. The van der Waals surface area contributed by atoms with E-state index >= 15 is 0 Å². The number of methoxy groups -OCH3 is 1. The maximum atomic E-state index is 12.1. The molecule has 1 aliphatic heterocycles. The van der Waals surface area contributed by atoms with Crippen molar-refractivity contribution in [1.29, 1.82) is 0 Å². The lowest BCUT2D eigenvalue weighted by molar-refractivity contribution is -0.122. The Bertz CT molecular complexity index is 555. The van der Waals surface area contributed by atoms with Crippen molar-refractivity contribution in [1.82, 2.24) is 15.1 Å². The number of ether oxygens (including phenoxy) is 2. The Labute approximate surface area is 154 Å². The lowest BCUT2D eigenvalue weighted by Crippen LogP contribution is -2.44. The molecule has 2 N–H and O–H groups in total. The zero-order chi connectivity index (χ0) is 19.4. The molecule has 0 spiro atoms. The van der Waals surface area contributed by atoms with E-state index in [0.29, 0.717) is 13.2 Å². The second kappa shape index (κ2) is 12.0. The van der Waals surface area contributed by atoms with Gasteiger partial charge in [-0.3, -0.25) is 4.79 Å². The zero-order valence-corrected chi connectivity index (χ0v) is 15.7. The molecule has 2 rings (SSSR count). The van der Waals surface area contributed by atoms with Crippen molar-refractivity contribution in [2.24, 2.45) is 0 Å². The maximum Gasteiger partial charge on any atom is 0.317 e. The largest absolute Gasteiger partial charge is 0.497 e. The van der Waals surface area contributed by atoms with Gasteiger partial charge >= 0.3 is 6.03 Å². The van der Waals surface area contributed by atoms with Crippen molar-refractivity contribution in [3.8, 4) is 11.5 Å². The van der Waals surface area contributed by atoms with Crippen LogP contribution in [0, 0.1) is 0 Å². The summed E-state index contributed by atoms with van der Waals surface area (Å²) in [4.78, 5) is 24.4. The quantitative estimate of drug-likeness (QED) is 0.561. The summed E-state index contributed by atoms with van der Waals surface area (Å²) in [5, 5.41) is 9.96. The first-order valence-corrected chi connectivity index (χ1v) is 8.55. The summed E-state index contributed by atoms with van der Waals surface area (Å²) in [5.74, 6) is 1.56. The topological polar surface area (TPSA) is 91.3 Å². The van der Waals surface area contributed by atoms with E-state index < -0.39 is 0 Å². The molecule has 26 heavy (non-hydrogen) atoms. The zero-order valence-electron chi connectivity index (χ0n) is 15.7. The Hall–Kier alpha value is -2.48. The average molecular weight is 367 g/mol. The first-order chi connectivity index (χ1) is 12.5. The number of carbonyl (C=O) groups excluding carboxylic acids is 1. The normalized spacial score (nSPS) is 16.2. The van der Waals surface area contributed by atoms with Gasteiger partial charge in [-0.2, -0.15) is 0 Å². The number of hydrogen-bond acceptors (Lipinski definition) is 5. The van der Waals surface area contributed by atoms with Gasteiger partial charge in [0, 0.05) is 32.2 Å². The van der Waals surface area contributed by atoms with Crippen molar-refractivity contribution in [3.05, 3.63) is 24.3 Å². The predicted molar refractivity (Wildman–Crippen MR) is 98.9 cm³/mol. The molecule has 0 aromatic heterocycles. The Morgan fingerprint density at radius 3 is 2.77 bits per heavy atom. The summed E-state index contributed by atoms with van der Waals surface area (Å²) in [7, 11) is 5.53. The Balaban J connectivity index is 0.00000105. The Kier molecular flexibility index (Phi) is 9.93. The molecule has 2 amide bonds. The van der Waals surface area contributed by atoms with Crippen LogP contribution < -0.4 is 14.8 Å². The number of urea groups is 1. The van der Waals surface area contributed by atoms with Gasteiger partial charge in [-0.05, 0) is 38.6 Å². The third-order valence-corrected chi connectivity index (χ3v) is 4.01. The van der Waals surface area contributed by atoms with E-state index in [9.17, 15) is 4.79 Å². The molecule has 1 atom stereocenters. The van der Waals surface area contributed by atoms with Gasteiger partial charge in [0.1, 0.15) is 11.5 Å². The van der Waals surface area contributed by atoms with Crippen LogP contribution in [-0.4, -0.2) is 80.9 Å².